The maximum absolute atomic E-state index is 9.49. The zero-order valence-electron chi connectivity index (χ0n) is 15.2. The van der Waals surface area contributed by atoms with Crippen molar-refractivity contribution in [1.29, 1.82) is 0 Å². The van der Waals surface area contributed by atoms with Gasteiger partial charge in [0, 0.05) is 12.0 Å². The lowest BCUT2D eigenvalue weighted by Gasteiger charge is -2.20. The molecule has 3 rings (SSSR count). The lowest BCUT2D eigenvalue weighted by Crippen LogP contribution is -2.02. The fourth-order valence-electron chi connectivity index (χ4n) is 3.09. The van der Waals surface area contributed by atoms with E-state index < -0.39 is 0 Å². The Kier molecular flexibility index (Phi) is 5.32. The minimum Gasteiger partial charge on any atom is -0.508 e. The van der Waals surface area contributed by atoms with Crippen LogP contribution in [0.3, 0.4) is 0 Å². The van der Waals surface area contributed by atoms with Gasteiger partial charge < -0.3 is 19.3 Å². The molecule has 0 saturated carbocycles. The number of benzene rings is 3. The molecule has 3 aromatic rings. The van der Waals surface area contributed by atoms with Crippen molar-refractivity contribution < 1.29 is 19.3 Å². The van der Waals surface area contributed by atoms with Crippen LogP contribution in [-0.4, -0.2) is 26.4 Å². The number of phenolic OH excluding ortho intramolecular Hbond substituents is 1. The second-order valence-electron chi connectivity index (χ2n) is 5.89. The Morgan fingerprint density at radius 3 is 2.00 bits per heavy atom. The van der Waals surface area contributed by atoms with E-state index in [-0.39, 0.29) is 5.75 Å². The first-order chi connectivity index (χ1) is 12.7. The predicted octanol–water partition coefficient (Wildman–Crippen LogP) is 4.68. The average molecular weight is 350 g/mol. The lowest BCUT2D eigenvalue weighted by molar-refractivity contribution is 0.348. The van der Waals surface area contributed by atoms with Crippen LogP contribution in [-0.2, 0) is 6.42 Å². The van der Waals surface area contributed by atoms with E-state index in [2.05, 4.69) is 0 Å². The molecule has 0 saturated heterocycles. The monoisotopic (exact) mass is 350 g/mol. The Morgan fingerprint density at radius 2 is 1.42 bits per heavy atom. The molecule has 26 heavy (non-hydrogen) atoms. The third-order valence-corrected chi connectivity index (χ3v) is 4.30. The summed E-state index contributed by atoms with van der Waals surface area (Å²) in [6, 6.07) is 19.1. The van der Waals surface area contributed by atoms with Crippen LogP contribution < -0.4 is 14.2 Å². The smallest absolute Gasteiger partial charge is 0.172 e. The van der Waals surface area contributed by atoms with Gasteiger partial charge in [0.1, 0.15) is 11.5 Å². The number of hydrogen-bond acceptors (Lipinski definition) is 4. The SMILES string of the molecule is COc1cc(Cc2ccc(O)cc2)c(OC)c(OC)c1-c1ccccc1. The molecule has 4 nitrogen and oxygen atoms in total. The van der Waals surface area contributed by atoms with Gasteiger partial charge in [-0.15, -0.1) is 0 Å². The lowest BCUT2D eigenvalue weighted by atomic mass is 9.96. The summed E-state index contributed by atoms with van der Waals surface area (Å²) in [6.45, 7) is 0. The fourth-order valence-corrected chi connectivity index (χ4v) is 3.09. The summed E-state index contributed by atoms with van der Waals surface area (Å²) in [5, 5.41) is 9.49. The van der Waals surface area contributed by atoms with Crippen LogP contribution in [0, 0.1) is 0 Å². The van der Waals surface area contributed by atoms with Crippen LogP contribution in [0.2, 0.25) is 0 Å². The first-order valence-electron chi connectivity index (χ1n) is 8.33. The molecule has 0 aliphatic rings. The van der Waals surface area contributed by atoms with Gasteiger partial charge in [-0.2, -0.15) is 0 Å². The molecule has 1 N–H and O–H groups in total. The summed E-state index contributed by atoms with van der Waals surface area (Å²) in [7, 11) is 4.92. The van der Waals surface area contributed by atoms with Crippen molar-refractivity contribution in [2.75, 3.05) is 21.3 Å². The quantitative estimate of drug-likeness (QED) is 0.701. The molecule has 0 bridgehead atoms. The highest BCUT2D eigenvalue weighted by Gasteiger charge is 2.21. The van der Waals surface area contributed by atoms with Gasteiger partial charge in [-0.3, -0.25) is 0 Å². The summed E-state index contributed by atoms with van der Waals surface area (Å²) in [6.07, 6.45) is 0.630. The highest BCUT2D eigenvalue weighted by molar-refractivity contribution is 5.81. The van der Waals surface area contributed by atoms with Gasteiger partial charge in [-0.1, -0.05) is 42.5 Å². The van der Waals surface area contributed by atoms with Gasteiger partial charge in [-0.25, -0.2) is 0 Å². The summed E-state index contributed by atoms with van der Waals surface area (Å²) in [4.78, 5) is 0. The molecule has 0 unspecified atom stereocenters. The van der Waals surface area contributed by atoms with Crippen LogP contribution in [0.1, 0.15) is 11.1 Å². The van der Waals surface area contributed by atoms with Crippen molar-refractivity contribution in [3.63, 3.8) is 0 Å². The molecule has 0 spiro atoms. The zero-order valence-corrected chi connectivity index (χ0v) is 15.2. The van der Waals surface area contributed by atoms with E-state index in [0.29, 0.717) is 17.9 Å². The van der Waals surface area contributed by atoms with Gasteiger partial charge in [0.05, 0.1) is 26.9 Å². The van der Waals surface area contributed by atoms with Crippen LogP contribution in [0.15, 0.2) is 60.7 Å². The molecule has 0 heterocycles. The van der Waals surface area contributed by atoms with Crippen molar-refractivity contribution in [3.05, 3.63) is 71.8 Å². The third kappa shape index (κ3) is 3.45. The number of methoxy groups -OCH3 is 3. The van der Waals surface area contributed by atoms with E-state index in [4.69, 9.17) is 14.2 Å². The normalized spacial score (nSPS) is 10.4. The summed E-state index contributed by atoms with van der Waals surface area (Å²) in [5.41, 5.74) is 3.86. The molecule has 0 atom stereocenters. The molecule has 134 valence electrons. The number of phenols is 1. The van der Waals surface area contributed by atoms with E-state index in [1.54, 1.807) is 33.5 Å². The van der Waals surface area contributed by atoms with E-state index in [1.807, 2.05) is 48.5 Å². The molecule has 4 heteroatoms. The topological polar surface area (TPSA) is 47.9 Å². The van der Waals surface area contributed by atoms with Crippen LogP contribution >= 0.6 is 0 Å². The molecule has 0 aromatic heterocycles. The van der Waals surface area contributed by atoms with Crippen molar-refractivity contribution in [3.8, 4) is 34.1 Å². The summed E-state index contributed by atoms with van der Waals surface area (Å²) < 4.78 is 17.1. The largest absolute Gasteiger partial charge is 0.508 e. The van der Waals surface area contributed by atoms with Crippen LogP contribution in [0.4, 0.5) is 0 Å². The number of hydrogen-bond donors (Lipinski definition) is 1. The van der Waals surface area contributed by atoms with Crippen LogP contribution in [0.5, 0.6) is 23.0 Å². The summed E-state index contributed by atoms with van der Waals surface area (Å²) >= 11 is 0. The Hall–Kier alpha value is -3.14. The molecule has 0 amide bonds. The Labute approximate surface area is 153 Å². The number of ether oxygens (including phenoxy) is 3. The summed E-state index contributed by atoms with van der Waals surface area (Å²) in [5.74, 6) is 2.30. The first kappa shape index (κ1) is 17.7. The minimum atomic E-state index is 0.246. The highest BCUT2D eigenvalue weighted by Crippen LogP contribution is 2.47. The number of rotatable bonds is 6. The number of aromatic hydroxyl groups is 1. The standard InChI is InChI=1S/C22H22O4/c1-24-19-14-17(13-15-9-11-18(23)12-10-15)21(25-2)22(26-3)20(19)16-7-5-4-6-8-16/h4-12,14,23H,13H2,1-3H3. The van der Waals surface area contributed by atoms with Crippen LogP contribution in [0.25, 0.3) is 11.1 Å². The second-order valence-corrected chi connectivity index (χ2v) is 5.89. The Balaban J connectivity index is 2.16. The van der Waals surface area contributed by atoms with E-state index in [1.165, 1.54) is 0 Å². The van der Waals surface area contributed by atoms with Crippen molar-refractivity contribution in [2.45, 2.75) is 6.42 Å². The third-order valence-electron chi connectivity index (χ3n) is 4.30. The van der Waals surface area contributed by atoms with E-state index >= 15 is 0 Å². The molecule has 0 radical (unpaired) electrons. The zero-order chi connectivity index (χ0) is 18.5. The van der Waals surface area contributed by atoms with Gasteiger partial charge in [-0.05, 0) is 29.3 Å². The van der Waals surface area contributed by atoms with Gasteiger partial charge in [0.2, 0.25) is 0 Å². The Bertz CT molecular complexity index is 871. The first-order valence-corrected chi connectivity index (χ1v) is 8.33. The van der Waals surface area contributed by atoms with Crippen molar-refractivity contribution in [1.82, 2.24) is 0 Å². The highest BCUT2D eigenvalue weighted by atomic mass is 16.5. The predicted molar refractivity (Wildman–Crippen MR) is 102 cm³/mol. The van der Waals surface area contributed by atoms with Crippen molar-refractivity contribution >= 4 is 0 Å². The molecule has 3 aromatic carbocycles. The van der Waals surface area contributed by atoms with Gasteiger partial charge in [0.25, 0.3) is 0 Å². The molecule has 0 aliphatic carbocycles. The van der Waals surface area contributed by atoms with E-state index in [9.17, 15) is 5.11 Å². The van der Waals surface area contributed by atoms with Crippen molar-refractivity contribution in [2.24, 2.45) is 0 Å². The van der Waals surface area contributed by atoms with Gasteiger partial charge >= 0.3 is 0 Å². The fraction of sp³-hybridized carbons (Fsp3) is 0.182. The minimum absolute atomic E-state index is 0.246. The average Bonchev–Trinajstić information content (AvgIpc) is 2.69. The molecule has 0 fully saturated rings. The maximum Gasteiger partial charge on any atom is 0.172 e. The Morgan fingerprint density at radius 1 is 0.769 bits per heavy atom. The van der Waals surface area contributed by atoms with E-state index in [0.717, 1.165) is 28.0 Å². The molecular weight excluding hydrogens is 328 g/mol. The second kappa shape index (κ2) is 7.83. The maximum atomic E-state index is 9.49. The molecular formula is C22H22O4. The molecule has 0 aliphatic heterocycles. The van der Waals surface area contributed by atoms with Gasteiger partial charge in [0.15, 0.2) is 11.5 Å².